The summed E-state index contributed by atoms with van der Waals surface area (Å²) in [4.78, 5) is 0. The van der Waals surface area contributed by atoms with Gasteiger partial charge in [0.15, 0.2) is 11.6 Å². The topological polar surface area (TPSA) is 53.7 Å². The van der Waals surface area contributed by atoms with E-state index in [2.05, 4.69) is 177 Å². The Hall–Kier alpha value is -8.48. The first kappa shape index (κ1) is 34.4. The lowest BCUT2D eigenvalue weighted by atomic mass is 10.0. The van der Waals surface area contributed by atoms with Crippen molar-refractivity contribution in [3.63, 3.8) is 0 Å². The van der Waals surface area contributed by atoms with Gasteiger partial charge in [0.2, 0.25) is 0 Å². The standard InChI is InChI=1S/C56H35N5O/c1-3-15-36(16-4-1)55-57-58-56(37-17-5-2-6-18-37)61(55)42-29-30-45-43-23-7-10-26-49(43)59(51(45)33-42)40-21-13-19-38(31-40)39-20-14-22-41(32-39)60-50-27-11-8-24-44(50)47-35-54-48(34-52(47)60)46-25-9-12-28-53(46)62-54/h1-35H. The van der Waals surface area contributed by atoms with E-state index in [0.29, 0.717) is 0 Å². The van der Waals surface area contributed by atoms with Crippen LogP contribution in [0.2, 0.25) is 0 Å². The van der Waals surface area contributed by atoms with Crippen LogP contribution in [-0.2, 0) is 0 Å². The van der Waals surface area contributed by atoms with Crippen LogP contribution >= 0.6 is 0 Å². The molecule has 13 rings (SSSR count). The predicted octanol–water partition coefficient (Wildman–Crippen LogP) is 14.4. The van der Waals surface area contributed by atoms with Crippen LogP contribution in [-0.4, -0.2) is 23.9 Å². The summed E-state index contributed by atoms with van der Waals surface area (Å²) < 4.78 is 13.3. The van der Waals surface area contributed by atoms with Crippen molar-refractivity contribution >= 4 is 65.6 Å². The molecule has 0 saturated heterocycles. The van der Waals surface area contributed by atoms with Gasteiger partial charge < -0.3 is 13.6 Å². The molecule has 0 atom stereocenters. The molecule has 0 N–H and O–H groups in total. The van der Waals surface area contributed by atoms with E-state index >= 15 is 0 Å². The lowest BCUT2D eigenvalue weighted by Crippen LogP contribution is -2.01. The summed E-state index contributed by atoms with van der Waals surface area (Å²) in [6.45, 7) is 0. The summed E-state index contributed by atoms with van der Waals surface area (Å²) >= 11 is 0. The van der Waals surface area contributed by atoms with Crippen LogP contribution in [0.15, 0.2) is 217 Å². The van der Waals surface area contributed by atoms with Crippen LogP contribution in [0.3, 0.4) is 0 Å². The fourth-order valence-electron chi connectivity index (χ4n) is 9.57. The molecule has 0 unspecified atom stereocenters. The van der Waals surface area contributed by atoms with Crippen molar-refractivity contribution in [3.8, 4) is 51.0 Å². The van der Waals surface area contributed by atoms with E-state index in [1.165, 1.54) is 21.5 Å². The Kier molecular flexibility index (Phi) is 7.50. The highest BCUT2D eigenvalue weighted by Crippen LogP contribution is 2.40. The number of para-hydroxylation sites is 3. The van der Waals surface area contributed by atoms with Crippen molar-refractivity contribution in [2.75, 3.05) is 0 Å². The van der Waals surface area contributed by atoms with Gasteiger partial charge in [-0.25, -0.2) is 0 Å². The smallest absolute Gasteiger partial charge is 0.168 e. The van der Waals surface area contributed by atoms with Gasteiger partial charge in [0.1, 0.15) is 11.2 Å². The molecule has 0 radical (unpaired) electrons. The van der Waals surface area contributed by atoms with Crippen molar-refractivity contribution in [3.05, 3.63) is 212 Å². The number of nitrogens with zero attached hydrogens (tertiary/aromatic N) is 5. The number of hydrogen-bond acceptors (Lipinski definition) is 3. The van der Waals surface area contributed by atoms with Gasteiger partial charge in [-0.3, -0.25) is 4.57 Å². The van der Waals surface area contributed by atoms with Crippen molar-refractivity contribution in [1.29, 1.82) is 0 Å². The maximum absolute atomic E-state index is 6.35. The van der Waals surface area contributed by atoms with Crippen LogP contribution < -0.4 is 0 Å². The van der Waals surface area contributed by atoms with E-state index in [4.69, 9.17) is 14.6 Å². The van der Waals surface area contributed by atoms with E-state index < -0.39 is 0 Å². The molecular weight excluding hydrogens is 759 g/mol. The number of hydrogen-bond donors (Lipinski definition) is 0. The zero-order valence-corrected chi connectivity index (χ0v) is 33.4. The summed E-state index contributed by atoms with van der Waals surface area (Å²) in [7, 11) is 0. The molecule has 290 valence electrons. The summed E-state index contributed by atoms with van der Waals surface area (Å²) in [5.74, 6) is 1.58. The molecule has 4 aromatic heterocycles. The predicted molar refractivity (Wildman–Crippen MR) is 254 cm³/mol. The van der Waals surface area contributed by atoms with E-state index in [-0.39, 0.29) is 0 Å². The Morgan fingerprint density at radius 2 is 0.758 bits per heavy atom. The number of furan rings is 1. The third-order valence-electron chi connectivity index (χ3n) is 12.4. The number of rotatable bonds is 6. The zero-order chi connectivity index (χ0) is 40.7. The maximum Gasteiger partial charge on any atom is 0.168 e. The molecule has 6 heteroatoms. The van der Waals surface area contributed by atoms with Crippen LogP contribution in [0.25, 0.3) is 117 Å². The molecule has 0 aliphatic rings. The summed E-state index contributed by atoms with van der Waals surface area (Å²) in [5, 5.41) is 16.5. The van der Waals surface area contributed by atoms with Gasteiger partial charge in [0.05, 0.1) is 27.8 Å². The minimum atomic E-state index is 0.791. The maximum atomic E-state index is 6.35. The molecule has 0 aliphatic heterocycles. The van der Waals surface area contributed by atoms with E-state index in [0.717, 1.165) is 95.0 Å². The van der Waals surface area contributed by atoms with Crippen molar-refractivity contribution in [2.24, 2.45) is 0 Å². The van der Waals surface area contributed by atoms with Crippen LogP contribution in [0.1, 0.15) is 0 Å². The fourth-order valence-corrected chi connectivity index (χ4v) is 9.57. The van der Waals surface area contributed by atoms with Crippen LogP contribution in [0, 0.1) is 0 Å². The van der Waals surface area contributed by atoms with Crippen molar-refractivity contribution in [1.82, 2.24) is 23.9 Å². The molecule has 62 heavy (non-hydrogen) atoms. The molecule has 0 saturated carbocycles. The van der Waals surface area contributed by atoms with Gasteiger partial charge in [0.25, 0.3) is 0 Å². The largest absolute Gasteiger partial charge is 0.456 e. The molecule has 4 heterocycles. The highest BCUT2D eigenvalue weighted by Gasteiger charge is 2.21. The molecule has 0 aliphatic carbocycles. The lowest BCUT2D eigenvalue weighted by molar-refractivity contribution is 0.669. The first-order chi connectivity index (χ1) is 30.7. The fraction of sp³-hybridized carbons (Fsp3) is 0. The molecule has 0 spiro atoms. The van der Waals surface area contributed by atoms with Crippen molar-refractivity contribution in [2.45, 2.75) is 0 Å². The Morgan fingerprint density at radius 3 is 1.39 bits per heavy atom. The van der Waals surface area contributed by atoms with Crippen LogP contribution in [0.5, 0.6) is 0 Å². The lowest BCUT2D eigenvalue weighted by Gasteiger charge is -2.14. The molecule has 0 bridgehead atoms. The number of aromatic nitrogens is 5. The second-order valence-electron chi connectivity index (χ2n) is 15.9. The first-order valence-electron chi connectivity index (χ1n) is 20.9. The highest BCUT2D eigenvalue weighted by atomic mass is 16.3. The van der Waals surface area contributed by atoms with Gasteiger partial charge in [-0.2, -0.15) is 0 Å². The van der Waals surface area contributed by atoms with Gasteiger partial charge in [-0.1, -0.05) is 146 Å². The van der Waals surface area contributed by atoms with Gasteiger partial charge in [0, 0.05) is 54.8 Å². The molecule has 9 aromatic carbocycles. The monoisotopic (exact) mass is 793 g/mol. The van der Waals surface area contributed by atoms with Gasteiger partial charge in [-0.05, 0) is 77.9 Å². The van der Waals surface area contributed by atoms with Gasteiger partial charge in [-0.15, -0.1) is 10.2 Å². The van der Waals surface area contributed by atoms with Crippen molar-refractivity contribution < 1.29 is 4.42 Å². The third-order valence-corrected chi connectivity index (χ3v) is 12.4. The molecular formula is C56H35N5O. The molecule has 0 amide bonds. The average Bonchev–Trinajstić information content (AvgIpc) is 4.11. The minimum absolute atomic E-state index is 0.791. The third kappa shape index (κ3) is 5.23. The number of fused-ring (bicyclic) bond motifs is 9. The Balaban J connectivity index is 0.978. The van der Waals surface area contributed by atoms with E-state index in [1.54, 1.807) is 0 Å². The zero-order valence-electron chi connectivity index (χ0n) is 33.4. The highest BCUT2D eigenvalue weighted by molar-refractivity contribution is 6.17. The van der Waals surface area contributed by atoms with E-state index in [9.17, 15) is 0 Å². The first-order valence-corrected chi connectivity index (χ1v) is 20.9. The van der Waals surface area contributed by atoms with Gasteiger partial charge >= 0.3 is 0 Å². The summed E-state index contributed by atoms with van der Waals surface area (Å²) in [6, 6.07) is 75.3. The molecule has 6 nitrogen and oxygen atoms in total. The molecule has 13 aromatic rings. The molecule has 0 fully saturated rings. The Morgan fingerprint density at radius 1 is 0.274 bits per heavy atom. The Labute approximate surface area is 355 Å². The second kappa shape index (κ2) is 13.5. The average molecular weight is 794 g/mol. The van der Waals surface area contributed by atoms with Crippen LogP contribution in [0.4, 0.5) is 0 Å². The second-order valence-corrected chi connectivity index (χ2v) is 15.9. The SMILES string of the molecule is c1ccc(-c2nnc(-c3ccccc3)n2-c2ccc3c4ccccc4n(-c4cccc(-c5cccc(-n6c7ccccc7c7cc8oc9ccccc9c8cc76)c5)c4)c3c2)cc1. The number of benzene rings is 9. The minimum Gasteiger partial charge on any atom is -0.456 e. The quantitative estimate of drug-likeness (QED) is 0.168. The summed E-state index contributed by atoms with van der Waals surface area (Å²) in [6.07, 6.45) is 0. The Bertz CT molecular complexity index is 3810. The normalized spacial score (nSPS) is 11.9. The van der Waals surface area contributed by atoms with E-state index in [1.807, 2.05) is 48.5 Å². The summed E-state index contributed by atoms with van der Waals surface area (Å²) in [5.41, 5.74) is 13.8.